The quantitative estimate of drug-likeness (QED) is 0.342. The molecule has 0 aliphatic rings. The molecule has 0 aromatic rings. The van der Waals surface area contributed by atoms with Crippen molar-refractivity contribution in [3.05, 3.63) is 0 Å². The maximum absolute atomic E-state index is 9.79. The summed E-state index contributed by atoms with van der Waals surface area (Å²) in [6.45, 7) is 5.33. The lowest BCUT2D eigenvalue weighted by Crippen LogP contribution is -2.61. The molecule has 0 bridgehead atoms. The van der Waals surface area contributed by atoms with Gasteiger partial charge in [0.15, 0.2) is 9.04 Å². The fourth-order valence-electron chi connectivity index (χ4n) is 0.855. The van der Waals surface area contributed by atoms with E-state index in [-0.39, 0.29) is 0 Å². The minimum atomic E-state index is -4.40. The van der Waals surface area contributed by atoms with Crippen molar-refractivity contribution in [3.8, 4) is 0 Å². The molecule has 98 valence electrons. The molecule has 16 heavy (non-hydrogen) atoms. The predicted molar refractivity (Wildman–Crippen MR) is 62.2 cm³/mol. The van der Waals surface area contributed by atoms with Crippen molar-refractivity contribution in [3.63, 3.8) is 0 Å². The van der Waals surface area contributed by atoms with Gasteiger partial charge in [-0.1, -0.05) is 0 Å². The predicted octanol–water partition coefficient (Wildman–Crippen LogP) is -2.45. The van der Waals surface area contributed by atoms with Crippen LogP contribution in [-0.2, 0) is 12.3 Å². The molecule has 0 aliphatic heterocycles. The van der Waals surface area contributed by atoms with Crippen molar-refractivity contribution >= 4 is 35.7 Å². The van der Waals surface area contributed by atoms with Gasteiger partial charge in [0.2, 0.25) is 0 Å². The topological polar surface area (TPSA) is 129 Å². The molecule has 0 heterocycles. The van der Waals surface area contributed by atoms with Gasteiger partial charge in [0.25, 0.3) is 0 Å². The van der Waals surface area contributed by atoms with Crippen LogP contribution >= 0.6 is 0 Å². The number of rotatable bonds is 6. The van der Waals surface area contributed by atoms with Crippen LogP contribution in [0.4, 0.5) is 0 Å². The Kier molecular flexibility index (Phi) is 5.65. The summed E-state index contributed by atoms with van der Waals surface area (Å²) in [6, 6.07) is 0. The third-order valence-electron chi connectivity index (χ3n) is 1.03. The highest BCUT2D eigenvalue weighted by atomic mass is 28.5. The van der Waals surface area contributed by atoms with E-state index in [0.29, 0.717) is 0 Å². The van der Waals surface area contributed by atoms with Crippen molar-refractivity contribution in [2.24, 2.45) is 0 Å². The fraction of sp³-hybridized carbons (Fsp3) is 1.00. The van der Waals surface area contributed by atoms with Crippen LogP contribution in [0.2, 0.25) is 26.2 Å². The molecule has 5 N–H and O–H groups in total. The summed E-state index contributed by atoms with van der Waals surface area (Å²) >= 11 is 0. The molecule has 0 aliphatic carbocycles. The normalized spacial score (nSPS) is 14.6. The standard InChI is InChI=1S/C4H18O8Si4/c1-13(2)10-16(9,11-14(3,5)6)12-15(4,7)8/h5-9,13H,1-4H3. The zero-order valence-corrected chi connectivity index (χ0v) is 13.7. The maximum atomic E-state index is 9.79. The summed E-state index contributed by atoms with van der Waals surface area (Å²) in [5.41, 5.74) is 0. The summed E-state index contributed by atoms with van der Waals surface area (Å²) in [4.78, 5) is 46.3. The second-order valence-electron chi connectivity index (χ2n) is 3.76. The minimum absolute atomic E-state index is 0.979. The molecule has 0 radical (unpaired) electrons. The van der Waals surface area contributed by atoms with Crippen molar-refractivity contribution in [1.29, 1.82) is 0 Å². The Morgan fingerprint density at radius 1 is 0.812 bits per heavy atom. The molecule has 0 aromatic heterocycles. The second-order valence-corrected chi connectivity index (χ2v) is 13.2. The van der Waals surface area contributed by atoms with Crippen LogP contribution in [-0.4, -0.2) is 59.7 Å². The van der Waals surface area contributed by atoms with Crippen LogP contribution in [0.15, 0.2) is 0 Å². The van der Waals surface area contributed by atoms with Gasteiger partial charge in [-0.3, -0.25) is 0 Å². The summed E-state index contributed by atoms with van der Waals surface area (Å²) in [6.07, 6.45) is 0. The Bertz CT molecular complexity index is 205. The van der Waals surface area contributed by atoms with E-state index in [9.17, 15) is 4.80 Å². The SMILES string of the molecule is C[SiH](C)O[Si](O)(O[Si](C)(O)O)O[Si](C)(O)O. The number of hydrogen-bond donors (Lipinski definition) is 5. The Labute approximate surface area is 98.6 Å². The molecular weight excluding hydrogens is 288 g/mol. The van der Waals surface area contributed by atoms with E-state index in [1.807, 2.05) is 0 Å². The first-order valence-corrected chi connectivity index (χ1v) is 13.6. The van der Waals surface area contributed by atoms with Gasteiger partial charge >= 0.3 is 26.7 Å². The van der Waals surface area contributed by atoms with Gasteiger partial charge in [-0.25, -0.2) is 0 Å². The molecule has 0 unspecified atom stereocenters. The molecule has 0 saturated heterocycles. The Hall–Kier alpha value is 0.548. The first-order valence-electron chi connectivity index (χ1n) is 4.53. The molecule has 8 nitrogen and oxygen atoms in total. The molecule has 0 rings (SSSR count). The maximum Gasteiger partial charge on any atom is 0.651 e. The average Bonchev–Trinajstić information content (AvgIpc) is 1.69. The zero-order valence-electron chi connectivity index (χ0n) is 9.54. The van der Waals surface area contributed by atoms with E-state index in [0.717, 1.165) is 13.1 Å². The lowest BCUT2D eigenvalue weighted by atomic mass is 11.9. The molecule has 0 amide bonds. The molecule has 0 atom stereocenters. The molecule has 0 aromatic carbocycles. The van der Waals surface area contributed by atoms with Crippen molar-refractivity contribution < 1.29 is 36.3 Å². The number of hydrogen-bond acceptors (Lipinski definition) is 8. The van der Waals surface area contributed by atoms with Gasteiger partial charge in [-0.2, -0.15) is 0 Å². The lowest BCUT2D eigenvalue weighted by Gasteiger charge is -2.31. The summed E-state index contributed by atoms with van der Waals surface area (Å²) in [5, 5.41) is 0. The zero-order chi connectivity index (χ0) is 13.2. The van der Waals surface area contributed by atoms with Crippen LogP contribution in [0, 0.1) is 0 Å². The van der Waals surface area contributed by atoms with E-state index in [2.05, 4.69) is 8.23 Å². The van der Waals surface area contributed by atoms with Crippen molar-refractivity contribution in [1.82, 2.24) is 0 Å². The molecule has 12 heteroatoms. The van der Waals surface area contributed by atoms with Gasteiger partial charge in [0.1, 0.15) is 0 Å². The Morgan fingerprint density at radius 2 is 1.12 bits per heavy atom. The highest BCUT2D eigenvalue weighted by Crippen LogP contribution is 2.15. The summed E-state index contributed by atoms with van der Waals surface area (Å²) in [5.74, 6) is 0. The van der Waals surface area contributed by atoms with Gasteiger partial charge in [-0.05, 0) is 13.1 Å². The van der Waals surface area contributed by atoms with E-state index in [1.165, 1.54) is 0 Å². The molecule has 0 saturated carbocycles. The van der Waals surface area contributed by atoms with Gasteiger partial charge in [0, 0.05) is 13.1 Å². The first kappa shape index (κ1) is 16.5. The van der Waals surface area contributed by atoms with E-state index in [1.54, 1.807) is 13.1 Å². The summed E-state index contributed by atoms with van der Waals surface area (Å²) in [7, 11) is -14.4. The molecule has 0 spiro atoms. The molecule has 0 fully saturated rings. The Balaban J connectivity index is 4.75. The van der Waals surface area contributed by atoms with Crippen LogP contribution in [0.1, 0.15) is 0 Å². The second kappa shape index (κ2) is 5.46. The third kappa shape index (κ3) is 8.67. The highest BCUT2D eigenvalue weighted by Gasteiger charge is 2.53. The van der Waals surface area contributed by atoms with Gasteiger partial charge < -0.3 is 36.3 Å². The van der Waals surface area contributed by atoms with E-state index >= 15 is 0 Å². The minimum Gasteiger partial charge on any atom is -0.398 e. The average molecular weight is 307 g/mol. The van der Waals surface area contributed by atoms with Crippen LogP contribution in [0.3, 0.4) is 0 Å². The first-order chi connectivity index (χ1) is 6.83. The summed E-state index contributed by atoms with van der Waals surface area (Å²) < 4.78 is 14.1. The fourth-order valence-corrected chi connectivity index (χ4v) is 8.94. The monoisotopic (exact) mass is 306 g/mol. The van der Waals surface area contributed by atoms with Gasteiger partial charge in [0.05, 0.1) is 0 Å². The van der Waals surface area contributed by atoms with Crippen LogP contribution in [0.5, 0.6) is 0 Å². The van der Waals surface area contributed by atoms with Crippen LogP contribution in [0.25, 0.3) is 0 Å². The highest BCUT2D eigenvalue weighted by molar-refractivity contribution is 6.78. The van der Waals surface area contributed by atoms with Crippen molar-refractivity contribution in [2.45, 2.75) is 26.2 Å². The van der Waals surface area contributed by atoms with E-state index in [4.69, 9.17) is 23.3 Å². The smallest absolute Gasteiger partial charge is 0.398 e. The van der Waals surface area contributed by atoms with Crippen LogP contribution < -0.4 is 0 Å². The lowest BCUT2D eigenvalue weighted by molar-refractivity contribution is 0.0736. The molecular formula is C4H18O8Si4. The largest absolute Gasteiger partial charge is 0.651 e. The Morgan fingerprint density at radius 3 is 1.31 bits per heavy atom. The van der Waals surface area contributed by atoms with Gasteiger partial charge in [-0.15, -0.1) is 0 Å². The van der Waals surface area contributed by atoms with E-state index < -0.39 is 35.7 Å². The van der Waals surface area contributed by atoms with Crippen molar-refractivity contribution in [2.75, 3.05) is 0 Å². The third-order valence-corrected chi connectivity index (χ3v) is 9.26.